The third-order valence-electron chi connectivity index (χ3n) is 2.15. The van der Waals surface area contributed by atoms with Crippen molar-refractivity contribution in [3.63, 3.8) is 0 Å². The van der Waals surface area contributed by atoms with Gasteiger partial charge in [-0.25, -0.2) is 28.1 Å². The summed E-state index contributed by atoms with van der Waals surface area (Å²) in [7, 11) is -2.17. The average molecular weight is 300 g/mol. The van der Waals surface area contributed by atoms with Gasteiger partial charge in [-0.2, -0.15) is 0 Å². The second-order valence-electron chi connectivity index (χ2n) is 3.43. The van der Waals surface area contributed by atoms with Gasteiger partial charge in [0.25, 0.3) is 10.0 Å². The van der Waals surface area contributed by atoms with Crippen molar-refractivity contribution in [1.82, 2.24) is 15.0 Å². The summed E-state index contributed by atoms with van der Waals surface area (Å²) in [6.45, 7) is 0. The van der Waals surface area contributed by atoms with Gasteiger partial charge in [-0.3, -0.25) is 0 Å². The SMILES string of the molecule is CNc1ncc(S(=O)(=O)Nc2ncccn2)cc1Cl. The molecule has 0 atom stereocenters. The first-order valence-electron chi connectivity index (χ1n) is 5.16. The highest BCUT2D eigenvalue weighted by Crippen LogP contribution is 2.22. The molecule has 0 bridgehead atoms. The molecule has 0 aliphatic heterocycles. The molecule has 0 aromatic carbocycles. The number of pyridine rings is 1. The molecule has 7 nitrogen and oxygen atoms in total. The number of aromatic nitrogens is 3. The van der Waals surface area contributed by atoms with Gasteiger partial charge in [0, 0.05) is 25.6 Å². The fourth-order valence-corrected chi connectivity index (χ4v) is 2.54. The maximum atomic E-state index is 12.0. The van der Waals surface area contributed by atoms with E-state index < -0.39 is 10.0 Å². The number of rotatable bonds is 4. The van der Waals surface area contributed by atoms with Crippen molar-refractivity contribution in [2.75, 3.05) is 17.1 Å². The van der Waals surface area contributed by atoms with Crippen molar-refractivity contribution in [3.05, 3.63) is 35.7 Å². The first-order chi connectivity index (χ1) is 9.03. The zero-order valence-electron chi connectivity index (χ0n) is 9.83. The van der Waals surface area contributed by atoms with Crippen LogP contribution in [-0.4, -0.2) is 30.4 Å². The first-order valence-corrected chi connectivity index (χ1v) is 7.02. The highest BCUT2D eigenvalue weighted by Gasteiger charge is 2.17. The van der Waals surface area contributed by atoms with E-state index in [0.29, 0.717) is 5.82 Å². The van der Waals surface area contributed by atoms with Crippen molar-refractivity contribution < 1.29 is 8.42 Å². The third kappa shape index (κ3) is 3.09. The zero-order chi connectivity index (χ0) is 13.9. The summed E-state index contributed by atoms with van der Waals surface area (Å²) in [6, 6.07) is 2.88. The van der Waals surface area contributed by atoms with Crippen molar-refractivity contribution in [3.8, 4) is 0 Å². The van der Waals surface area contributed by atoms with Crippen LogP contribution in [0.1, 0.15) is 0 Å². The van der Waals surface area contributed by atoms with Crippen LogP contribution in [0.5, 0.6) is 0 Å². The highest BCUT2D eigenvalue weighted by atomic mass is 35.5. The quantitative estimate of drug-likeness (QED) is 0.885. The number of anilines is 2. The summed E-state index contributed by atoms with van der Waals surface area (Å²) >= 11 is 5.89. The molecule has 0 aliphatic rings. The Bertz CT molecular complexity index is 678. The lowest BCUT2D eigenvalue weighted by molar-refractivity contribution is 0.600. The molecule has 2 aromatic rings. The molecule has 100 valence electrons. The molecular weight excluding hydrogens is 290 g/mol. The van der Waals surface area contributed by atoms with Crippen LogP contribution < -0.4 is 10.0 Å². The van der Waals surface area contributed by atoms with Crippen LogP contribution in [0.25, 0.3) is 0 Å². The molecular formula is C10H10ClN5O2S. The molecule has 19 heavy (non-hydrogen) atoms. The second kappa shape index (κ2) is 5.37. The second-order valence-corrected chi connectivity index (χ2v) is 5.52. The van der Waals surface area contributed by atoms with Crippen LogP contribution in [0.2, 0.25) is 5.02 Å². The Hall–Kier alpha value is -1.93. The van der Waals surface area contributed by atoms with Crippen LogP contribution in [0, 0.1) is 0 Å². The molecule has 0 fully saturated rings. The molecule has 0 saturated heterocycles. The van der Waals surface area contributed by atoms with E-state index in [-0.39, 0.29) is 15.9 Å². The zero-order valence-corrected chi connectivity index (χ0v) is 11.4. The fraction of sp³-hybridized carbons (Fsp3) is 0.100. The molecule has 2 heterocycles. The van der Waals surface area contributed by atoms with Crippen LogP contribution >= 0.6 is 11.6 Å². The Balaban J connectivity index is 2.32. The molecule has 0 spiro atoms. The number of nitrogens with zero attached hydrogens (tertiary/aromatic N) is 3. The Morgan fingerprint density at radius 2 is 1.89 bits per heavy atom. The van der Waals surface area contributed by atoms with E-state index >= 15 is 0 Å². The summed E-state index contributed by atoms with van der Waals surface area (Å²) in [5.74, 6) is 0.382. The van der Waals surface area contributed by atoms with Crippen molar-refractivity contribution in [2.45, 2.75) is 4.90 Å². The molecule has 0 radical (unpaired) electrons. The normalized spacial score (nSPS) is 11.1. The summed E-state index contributed by atoms with van der Waals surface area (Å²) in [6.07, 6.45) is 4.06. The highest BCUT2D eigenvalue weighted by molar-refractivity contribution is 7.92. The molecule has 2 rings (SSSR count). The van der Waals surface area contributed by atoms with E-state index in [4.69, 9.17) is 11.6 Å². The fourth-order valence-electron chi connectivity index (χ4n) is 1.28. The van der Waals surface area contributed by atoms with E-state index in [2.05, 4.69) is 25.0 Å². The van der Waals surface area contributed by atoms with Crippen LogP contribution in [-0.2, 0) is 10.0 Å². The van der Waals surface area contributed by atoms with Gasteiger partial charge in [-0.15, -0.1) is 0 Å². The number of sulfonamides is 1. The third-order valence-corrected chi connectivity index (χ3v) is 3.74. The Labute approximate surface area is 115 Å². The minimum Gasteiger partial charge on any atom is -0.372 e. The summed E-state index contributed by atoms with van der Waals surface area (Å²) < 4.78 is 26.3. The van der Waals surface area contributed by atoms with E-state index in [1.165, 1.54) is 24.7 Å². The average Bonchev–Trinajstić information content (AvgIpc) is 2.39. The van der Waals surface area contributed by atoms with Crippen LogP contribution in [0.15, 0.2) is 35.6 Å². The monoisotopic (exact) mass is 299 g/mol. The largest absolute Gasteiger partial charge is 0.372 e. The van der Waals surface area contributed by atoms with Gasteiger partial charge in [-0.1, -0.05) is 11.6 Å². The summed E-state index contributed by atoms with van der Waals surface area (Å²) in [5.41, 5.74) is 0. The van der Waals surface area contributed by atoms with Gasteiger partial charge < -0.3 is 5.32 Å². The summed E-state index contributed by atoms with van der Waals surface area (Å²) in [4.78, 5) is 11.4. The van der Waals surface area contributed by atoms with Gasteiger partial charge >= 0.3 is 0 Å². The molecule has 0 saturated carbocycles. The van der Waals surface area contributed by atoms with Crippen LogP contribution in [0.3, 0.4) is 0 Å². The number of halogens is 1. The lowest BCUT2D eigenvalue weighted by Gasteiger charge is -2.08. The van der Waals surface area contributed by atoms with E-state index in [1.54, 1.807) is 13.1 Å². The van der Waals surface area contributed by atoms with Crippen molar-refractivity contribution >= 4 is 33.4 Å². The minimum absolute atomic E-state index is 0.0173. The molecule has 0 unspecified atom stereocenters. The Kier molecular flexibility index (Phi) is 3.82. The van der Waals surface area contributed by atoms with E-state index in [9.17, 15) is 8.42 Å². The predicted molar refractivity (Wildman–Crippen MR) is 71.6 cm³/mol. The van der Waals surface area contributed by atoms with Gasteiger partial charge in [0.05, 0.1) is 5.02 Å². The number of nitrogens with one attached hydrogen (secondary N) is 2. The van der Waals surface area contributed by atoms with E-state index in [0.717, 1.165) is 0 Å². The Morgan fingerprint density at radius 3 is 2.47 bits per heavy atom. The topological polar surface area (TPSA) is 96.9 Å². The molecule has 9 heteroatoms. The number of hydrogen-bond donors (Lipinski definition) is 2. The molecule has 2 N–H and O–H groups in total. The summed E-state index contributed by atoms with van der Waals surface area (Å²) in [5, 5.41) is 2.95. The molecule has 0 aliphatic carbocycles. The van der Waals surface area contributed by atoms with Crippen molar-refractivity contribution in [1.29, 1.82) is 0 Å². The minimum atomic E-state index is -3.81. The lowest BCUT2D eigenvalue weighted by Crippen LogP contribution is -2.15. The van der Waals surface area contributed by atoms with Crippen molar-refractivity contribution in [2.24, 2.45) is 0 Å². The van der Waals surface area contributed by atoms with Gasteiger partial charge in [-0.05, 0) is 12.1 Å². The first kappa shape index (κ1) is 13.5. The van der Waals surface area contributed by atoms with Gasteiger partial charge in [0.1, 0.15) is 10.7 Å². The number of hydrogen-bond acceptors (Lipinski definition) is 6. The standard InChI is InChI=1S/C10H10ClN5O2S/c1-12-9-8(11)5-7(6-15-9)19(17,18)16-10-13-3-2-4-14-10/h2-6H,1H3,(H,12,15)(H,13,14,16). The van der Waals surface area contributed by atoms with Crippen LogP contribution in [0.4, 0.5) is 11.8 Å². The predicted octanol–water partition coefficient (Wildman–Crippen LogP) is 1.37. The maximum Gasteiger partial charge on any atom is 0.265 e. The van der Waals surface area contributed by atoms with Gasteiger partial charge in [0.2, 0.25) is 5.95 Å². The smallest absolute Gasteiger partial charge is 0.265 e. The molecule has 0 amide bonds. The van der Waals surface area contributed by atoms with Gasteiger partial charge in [0.15, 0.2) is 0 Å². The Morgan fingerprint density at radius 1 is 1.21 bits per heavy atom. The molecule has 2 aromatic heterocycles. The lowest BCUT2D eigenvalue weighted by atomic mass is 10.4. The van der Waals surface area contributed by atoms with E-state index in [1.807, 2.05) is 0 Å². The maximum absolute atomic E-state index is 12.0.